The van der Waals surface area contributed by atoms with Crippen molar-refractivity contribution in [3.8, 4) is 22.4 Å². The summed E-state index contributed by atoms with van der Waals surface area (Å²) >= 11 is 0. The smallest absolute Gasteiger partial charge is 0.133 e. The molecule has 0 saturated carbocycles. The molecule has 0 unspecified atom stereocenters. The monoisotopic (exact) mass is 402 g/mol. The van der Waals surface area contributed by atoms with Crippen molar-refractivity contribution in [2.45, 2.75) is 38.9 Å². The van der Waals surface area contributed by atoms with Crippen molar-refractivity contribution in [3.63, 3.8) is 0 Å². The van der Waals surface area contributed by atoms with Crippen LogP contribution in [-0.2, 0) is 0 Å². The van der Waals surface area contributed by atoms with Gasteiger partial charge in [-0.15, -0.1) is 0 Å². The summed E-state index contributed by atoms with van der Waals surface area (Å²) in [6.45, 7) is 11.7. The third-order valence-electron chi connectivity index (χ3n) is 6.41. The first-order valence-corrected chi connectivity index (χ1v) is 13.0. The minimum Gasteiger partial charge on any atom is -0.240 e. The Labute approximate surface area is 173 Å². The van der Waals surface area contributed by atoms with Crippen LogP contribution >= 0.6 is 0 Å². The molecular weight excluding hydrogens is 375 g/mol. The van der Waals surface area contributed by atoms with Gasteiger partial charge in [-0.3, -0.25) is 0 Å². The molecule has 0 amide bonds. The van der Waals surface area contributed by atoms with E-state index >= 15 is 0 Å². The lowest BCUT2D eigenvalue weighted by Gasteiger charge is -2.37. The fourth-order valence-corrected chi connectivity index (χ4v) is 5.35. The number of pyridine rings is 1. The van der Waals surface area contributed by atoms with Crippen LogP contribution in [0.15, 0.2) is 72.9 Å². The zero-order valence-electron chi connectivity index (χ0n) is 17.7. The van der Waals surface area contributed by atoms with Crippen molar-refractivity contribution in [1.29, 1.82) is 0 Å². The van der Waals surface area contributed by atoms with Crippen molar-refractivity contribution in [2.24, 2.45) is 0 Å². The van der Waals surface area contributed by atoms with E-state index in [-0.39, 0.29) is 10.9 Å². The molecule has 2 heterocycles. The minimum atomic E-state index is -1.64. The van der Waals surface area contributed by atoms with Crippen LogP contribution in [0.1, 0.15) is 20.8 Å². The SMILES string of the molecule is CC(C)(C)[Si](C)(C)c1ccn2nc(-c3ccc(-c4ccccc4)cc3F)cc2c1. The van der Waals surface area contributed by atoms with Crippen LogP contribution in [0.5, 0.6) is 0 Å². The number of hydrogen-bond acceptors (Lipinski definition) is 1. The van der Waals surface area contributed by atoms with Gasteiger partial charge in [0.15, 0.2) is 0 Å². The zero-order valence-corrected chi connectivity index (χ0v) is 18.7. The Morgan fingerprint density at radius 3 is 2.24 bits per heavy atom. The van der Waals surface area contributed by atoms with Crippen LogP contribution in [0.4, 0.5) is 4.39 Å². The Hall–Kier alpha value is -2.72. The molecule has 0 radical (unpaired) electrons. The number of halogens is 1. The van der Waals surface area contributed by atoms with Gasteiger partial charge >= 0.3 is 0 Å². The van der Waals surface area contributed by atoms with Gasteiger partial charge in [0.25, 0.3) is 0 Å². The van der Waals surface area contributed by atoms with Crippen LogP contribution < -0.4 is 5.19 Å². The fourth-order valence-electron chi connectivity index (χ4n) is 3.48. The number of benzene rings is 2. The summed E-state index contributed by atoms with van der Waals surface area (Å²) in [4.78, 5) is 0. The molecule has 4 heteroatoms. The van der Waals surface area contributed by atoms with E-state index in [9.17, 15) is 4.39 Å². The first-order valence-electron chi connectivity index (χ1n) is 10.0. The molecule has 2 aromatic carbocycles. The number of fused-ring (bicyclic) bond motifs is 1. The lowest BCUT2D eigenvalue weighted by atomic mass is 10.0. The van der Waals surface area contributed by atoms with Crippen molar-refractivity contribution >= 4 is 18.8 Å². The molecule has 0 aliphatic heterocycles. The second-order valence-electron chi connectivity index (χ2n) is 9.25. The third kappa shape index (κ3) is 3.53. The van der Waals surface area contributed by atoms with Gasteiger partial charge in [0.1, 0.15) is 5.82 Å². The molecule has 2 nitrogen and oxygen atoms in total. The average molecular weight is 403 g/mol. The molecule has 0 fully saturated rings. The van der Waals surface area contributed by atoms with Crippen LogP contribution in [-0.4, -0.2) is 17.7 Å². The van der Waals surface area contributed by atoms with Crippen LogP contribution in [0.25, 0.3) is 27.9 Å². The van der Waals surface area contributed by atoms with E-state index in [0.29, 0.717) is 11.3 Å². The average Bonchev–Trinajstić information content (AvgIpc) is 3.10. The van der Waals surface area contributed by atoms with E-state index in [2.05, 4.69) is 51.1 Å². The molecule has 0 saturated heterocycles. The maximum absolute atomic E-state index is 14.9. The molecule has 2 aromatic heterocycles. The van der Waals surface area contributed by atoms with Crippen molar-refractivity contribution < 1.29 is 4.39 Å². The van der Waals surface area contributed by atoms with Gasteiger partial charge in [-0.25, -0.2) is 8.91 Å². The van der Waals surface area contributed by atoms with Gasteiger partial charge in [-0.1, -0.05) is 75.5 Å². The van der Waals surface area contributed by atoms with Gasteiger partial charge in [-0.05, 0) is 46.5 Å². The second kappa shape index (κ2) is 6.96. The molecule has 148 valence electrons. The molecule has 0 aliphatic carbocycles. The normalized spacial score (nSPS) is 12.5. The molecule has 4 aromatic rings. The van der Waals surface area contributed by atoms with Gasteiger partial charge < -0.3 is 0 Å². The highest BCUT2D eigenvalue weighted by Crippen LogP contribution is 2.36. The van der Waals surface area contributed by atoms with Gasteiger partial charge in [0, 0.05) is 11.8 Å². The third-order valence-corrected chi connectivity index (χ3v) is 11.9. The van der Waals surface area contributed by atoms with E-state index < -0.39 is 8.07 Å². The number of nitrogens with zero attached hydrogens (tertiary/aromatic N) is 2. The number of hydrogen-bond donors (Lipinski definition) is 0. The quantitative estimate of drug-likeness (QED) is 0.356. The number of aromatic nitrogens is 2. The van der Waals surface area contributed by atoms with E-state index in [1.807, 2.05) is 59.2 Å². The van der Waals surface area contributed by atoms with Crippen LogP contribution in [0, 0.1) is 5.82 Å². The van der Waals surface area contributed by atoms with E-state index in [4.69, 9.17) is 0 Å². The first-order chi connectivity index (χ1) is 13.7. The van der Waals surface area contributed by atoms with E-state index in [0.717, 1.165) is 16.6 Å². The van der Waals surface area contributed by atoms with E-state index in [1.165, 1.54) is 5.19 Å². The number of rotatable bonds is 3. The minimum absolute atomic E-state index is 0.251. The zero-order chi connectivity index (χ0) is 20.8. The molecule has 0 bridgehead atoms. The summed E-state index contributed by atoms with van der Waals surface area (Å²) in [6.07, 6.45) is 2.00. The molecule has 29 heavy (non-hydrogen) atoms. The summed E-state index contributed by atoms with van der Waals surface area (Å²) in [5.41, 5.74) is 4.08. The Bertz CT molecular complexity index is 1170. The predicted octanol–water partition coefficient (Wildman–Crippen LogP) is 6.52. The molecule has 0 N–H and O–H groups in total. The second-order valence-corrected chi connectivity index (χ2v) is 14.6. The fraction of sp³-hybridized carbons (Fsp3) is 0.240. The predicted molar refractivity (Wildman–Crippen MR) is 123 cm³/mol. The molecule has 4 rings (SSSR count). The maximum atomic E-state index is 14.9. The largest absolute Gasteiger partial charge is 0.240 e. The van der Waals surface area contributed by atoms with Gasteiger partial charge in [-0.2, -0.15) is 5.10 Å². The highest BCUT2D eigenvalue weighted by Gasteiger charge is 2.36. The van der Waals surface area contributed by atoms with Gasteiger partial charge in [0.05, 0.1) is 19.3 Å². The summed E-state index contributed by atoms with van der Waals surface area (Å²) in [5.74, 6) is -0.251. The highest BCUT2D eigenvalue weighted by atomic mass is 28.3. The maximum Gasteiger partial charge on any atom is 0.133 e. The van der Waals surface area contributed by atoms with Crippen molar-refractivity contribution in [1.82, 2.24) is 9.61 Å². The van der Waals surface area contributed by atoms with Crippen molar-refractivity contribution in [2.75, 3.05) is 0 Å². The first kappa shape index (κ1) is 19.6. The summed E-state index contributed by atoms with van der Waals surface area (Å²) in [7, 11) is -1.64. The molecular formula is C25H27FN2Si. The Morgan fingerprint density at radius 1 is 0.862 bits per heavy atom. The van der Waals surface area contributed by atoms with Crippen molar-refractivity contribution in [3.05, 3.63) is 78.7 Å². The van der Waals surface area contributed by atoms with Crippen LogP contribution in [0.3, 0.4) is 0 Å². The summed E-state index contributed by atoms with van der Waals surface area (Å²) in [6, 6.07) is 21.6. The Kier molecular flexibility index (Phi) is 4.70. The van der Waals surface area contributed by atoms with Gasteiger partial charge in [0.2, 0.25) is 0 Å². The summed E-state index contributed by atoms with van der Waals surface area (Å²) < 4.78 is 16.8. The Balaban J connectivity index is 1.74. The molecule has 0 atom stereocenters. The molecule has 0 spiro atoms. The standard InChI is InChI=1S/C25H27FN2Si/c1-25(2,3)29(4,5)21-13-14-28-20(16-21)17-24(27-28)22-12-11-19(15-23(22)26)18-9-7-6-8-10-18/h6-17H,1-5H3. The summed E-state index contributed by atoms with van der Waals surface area (Å²) in [5, 5.41) is 6.27. The topological polar surface area (TPSA) is 17.3 Å². The lowest BCUT2D eigenvalue weighted by Crippen LogP contribution is -2.49. The van der Waals surface area contributed by atoms with E-state index in [1.54, 1.807) is 6.07 Å². The Morgan fingerprint density at radius 2 is 1.59 bits per heavy atom. The lowest BCUT2D eigenvalue weighted by molar-refractivity contribution is 0.631. The van der Waals surface area contributed by atoms with Crippen LogP contribution in [0.2, 0.25) is 18.1 Å². The molecule has 0 aliphatic rings. The highest BCUT2D eigenvalue weighted by molar-refractivity contribution is 6.92.